The predicted molar refractivity (Wildman–Crippen MR) is 69.8 cm³/mol. The van der Waals surface area contributed by atoms with E-state index < -0.39 is 0 Å². The second-order valence-electron chi connectivity index (χ2n) is 3.73. The fraction of sp³-hybridized carbons (Fsp3) is 0.250. The van der Waals surface area contributed by atoms with Crippen LogP contribution in [0.3, 0.4) is 0 Å². The first-order valence-electron chi connectivity index (χ1n) is 5.34. The van der Waals surface area contributed by atoms with Crippen molar-refractivity contribution in [2.24, 2.45) is 0 Å². The molecule has 1 amide bonds. The summed E-state index contributed by atoms with van der Waals surface area (Å²) in [6.45, 7) is 0.256. The van der Waals surface area contributed by atoms with E-state index in [0.29, 0.717) is 13.0 Å². The van der Waals surface area contributed by atoms with Gasteiger partial charge in [-0.1, -0.05) is 22.0 Å². The van der Waals surface area contributed by atoms with Crippen LogP contribution in [-0.4, -0.2) is 29.1 Å². The van der Waals surface area contributed by atoms with Crippen molar-refractivity contribution in [1.82, 2.24) is 10.3 Å². The standard InChI is InChI=1S/C12H13BrN2O2/c13-9-2-1-3-10-12(9)8(7-15-10)6-11(17)14-4-5-16/h1-3,7,15-16H,4-6H2,(H,14,17). The molecule has 1 aromatic heterocycles. The largest absolute Gasteiger partial charge is 0.395 e. The number of carbonyl (C=O) groups excluding carboxylic acids is 1. The number of amides is 1. The first kappa shape index (κ1) is 12.1. The molecule has 17 heavy (non-hydrogen) atoms. The number of hydrogen-bond acceptors (Lipinski definition) is 2. The van der Waals surface area contributed by atoms with Crippen LogP contribution >= 0.6 is 15.9 Å². The molecular weight excluding hydrogens is 284 g/mol. The summed E-state index contributed by atoms with van der Waals surface area (Å²) in [7, 11) is 0. The van der Waals surface area contributed by atoms with E-state index in [1.807, 2.05) is 24.4 Å². The Kier molecular flexibility index (Phi) is 3.81. The molecule has 0 spiro atoms. The van der Waals surface area contributed by atoms with Gasteiger partial charge in [-0.3, -0.25) is 4.79 Å². The Morgan fingerprint density at radius 2 is 2.29 bits per heavy atom. The van der Waals surface area contributed by atoms with E-state index in [2.05, 4.69) is 26.2 Å². The van der Waals surface area contributed by atoms with Crippen LogP contribution in [0.5, 0.6) is 0 Å². The molecule has 0 saturated heterocycles. The van der Waals surface area contributed by atoms with E-state index in [0.717, 1.165) is 20.9 Å². The Bertz CT molecular complexity index is 536. The third-order valence-corrected chi connectivity index (χ3v) is 3.18. The molecule has 4 nitrogen and oxygen atoms in total. The highest BCUT2D eigenvalue weighted by Crippen LogP contribution is 2.27. The predicted octanol–water partition coefficient (Wildman–Crippen LogP) is 1.58. The minimum Gasteiger partial charge on any atom is -0.395 e. The van der Waals surface area contributed by atoms with Gasteiger partial charge in [-0.2, -0.15) is 0 Å². The van der Waals surface area contributed by atoms with Gasteiger partial charge in [0.25, 0.3) is 0 Å². The molecule has 1 heterocycles. The summed E-state index contributed by atoms with van der Waals surface area (Å²) in [6.07, 6.45) is 2.15. The van der Waals surface area contributed by atoms with Crippen LogP contribution in [0.25, 0.3) is 10.9 Å². The number of carbonyl (C=O) groups is 1. The normalized spacial score (nSPS) is 10.7. The first-order valence-corrected chi connectivity index (χ1v) is 6.13. The molecule has 0 radical (unpaired) electrons. The summed E-state index contributed by atoms with van der Waals surface area (Å²) in [6, 6.07) is 5.86. The maximum atomic E-state index is 11.6. The SMILES string of the molecule is O=C(Cc1c[nH]c2cccc(Br)c12)NCCO. The van der Waals surface area contributed by atoms with Crippen LogP contribution < -0.4 is 5.32 Å². The lowest BCUT2D eigenvalue weighted by atomic mass is 10.1. The van der Waals surface area contributed by atoms with Gasteiger partial charge in [0.1, 0.15) is 0 Å². The second-order valence-corrected chi connectivity index (χ2v) is 4.58. The number of fused-ring (bicyclic) bond motifs is 1. The summed E-state index contributed by atoms with van der Waals surface area (Å²) in [5.74, 6) is -0.0873. The minimum absolute atomic E-state index is 0.0384. The van der Waals surface area contributed by atoms with Crippen LogP contribution in [0.4, 0.5) is 0 Å². The molecule has 0 unspecified atom stereocenters. The van der Waals surface area contributed by atoms with Crippen LogP contribution in [0.2, 0.25) is 0 Å². The molecule has 2 aromatic rings. The van der Waals surface area contributed by atoms with Gasteiger partial charge in [0, 0.05) is 28.1 Å². The zero-order chi connectivity index (χ0) is 12.3. The quantitative estimate of drug-likeness (QED) is 0.802. The number of nitrogens with one attached hydrogen (secondary N) is 2. The van der Waals surface area contributed by atoms with Crippen molar-refractivity contribution >= 4 is 32.7 Å². The number of aliphatic hydroxyl groups is 1. The Hall–Kier alpha value is -1.33. The lowest BCUT2D eigenvalue weighted by molar-refractivity contribution is -0.120. The number of hydrogen-bond donors (Lipinski definition) is 3. The average Bonchev–Trinajstić information content (AvgIpc) is 2.71. The maximum absolute atomic E-state index is 11.6. The Morgan fingerprint density at radius 3 is 3.06 bits per heavy atom. The number of aromatic nitrogens is 1. The van der Waals surface area contributed by atoms with E-state index in [4.69, 9.17) is 5.11 Å². The van der Waals surface area contributed by atoms with Gasteiger partial charge < -0.3 is 15.4 Å². The second kappa shape index (κ2) is 5.33. The fourth-order valence-corrected chi connectivity index (χ4v) is 2.40. The fourth-order valence-electron chi connectivity index (χ4n) is 1.78. The van der Waals surface area contributed by atoms with Gasteiger partial charge in [0.05, 0.1) is 13.0 Å². The Balaban J connectivity index is 2.22. The molecule has 90 valence electrons. The van der Waals surface area contributed by atoms with E-state index >= 15 is 0 Å². The first-order chi connectivity index (χ1) is 8.22. The van der Waals surface area contributed by atoms with Crippen LogP contribution in [0.15, 0.2) is 28.9 Å². The Labute approximate surface area is 107 Å². The third-order valence-electron chi connectivity index (χ3n) is 2.52. The monoisotopic (exact) mass is 296 g/mol. The molecule has 0 fully saturated rings. The van der Waals surface area contributed by atoms with Crippen molar-refractivity contribution in [3.63, 3.8) is 0 Å². The summed E-state index contributed by atoms with van der Waals surface area (Å²) in [4.78, 5) is 14.7. The molecule has 0 bridgehead atoms. The van der Waals surface area contributed by atoms with Crippen LogP contribution in [-0.2, 0) is 11.2 Å². The van der Waals surface area contributed by atoms with Gasteiger partial charge in [-0.05, 0) is 17.7 Å². The van der Waals surface area contributed by atoms with Crippen molar-refractivity contribution in [3.05, 3.63) is 34.4 Å². The number of H-pyrrole nitrogens is 1. The highest BCUT2D eigenvalue weighted by Gasteiger charge is 2.10. The summed E-state index contributed by atoms with van der Waals surface area (Å²) >= 11 is 3.48. The summed E-state index contributed by atoms with van der Waals surface area (Å²) in [5.41, 5.74) is 1.95. The number of halogens is 1. The van der Waals surface area contributed by atoms with E-state index in [1.54, 1.807) is 0 Å². The topological polar surface area (TPSA) is 65.1 Å². The van der Waals surface area contributed by atoms with Crippen LogP contribution in [0, 0.1) is 0 Å². The van der Waals surface area contributed by atoms with Crippen molar-refractivity contribution in [2.75, 3.05) is 13.2 Å². The van der Waals surface area contributed by atoms with Crippen molar-refractivity contribution < 1.29 is 9.90 Å². The molecule has 0 aliphatic rings. The molecule has 0 saturated carbocycles. The minimum atomic E-state index is -0.0873. The van der Waals surface area contributed by atoms with Gasteiger partial charge in [0.2, 0.25) is 5.91 Å². The molecule has 5 heteroatoms. The number of benzene rings is 1. The van der Waals surface area contributed by atoms with Crippen molar-refractivity contribution in [2.45, 2.75) is 6.42 Å². The highest BCUT2D eigenvalue weighted by molar-refractivity contribution is 9.10. The molecule has 0 atom stereocenters. The zero-order valence-electron chi connectivity index (χ0n) is 9.16. The Morgan fingerprint density at radius 1 is 1.47 bits per heavy atom. The van der Waals surface area contributed by atoms with Gasteiger partial charge in [-0.15, -0.1) is 0 Å². The average molecular weight is 297 g/mol. The molecule has 0 aliphatic heterocycles. The van der Waals surface area contributed by atoms with E-state index in [-0.39, 0.29) is 12.5 Å². The van der Waals surface area contributed by atoms with Crippen molar-refractivity contribution in [3.8, 4) is 0 Å². The van der Waals surface area contributed by atoms with Crippen molar-refractivity contribution in [1.29, 1.82) is 0 Å². The maximum Gasteiger partial charge on any atom is 0.224 e. The van der Waals surface area contributed by atoms with Gasteiger partial charge in [-0.25, -0.2) is 0 Å². The zero-order valence-corrected chi connectivity index (χ0v) is 10.8. The van der Waals surface area contributed by atoms with Crippen LogP contribution in [0.1, 0.15) is 5.56 Å². The molecular formula is C12H13BrN2O2. The summed E-state index contributed by atoms with van der Waals surface area (Å²) < 4.78 is 0.973. The molecule has 2 rings (SSSR count). The van der Waals surface area contributed by atoms with E-state index in [9.17, 15) is 4.79 Å². The highest BCUT2D eigenvalue weighted by atomic mass is 79.9. The summed E-state index contributed by atoms with van der Waals surface area (Å²) in [5, 5.41) is 12.3. The third kappa shape index (κ3) is 2.68. The lowest BCUT2D eigenvalue weighted by Crippen LogP contribution is -2.27. The van der Waals surface area contributed by atoms with E-state index in [1.165, 1.54) is 0 Å². The number of rotatable bonds is 4. The number of aliphatic hydroxyl groups excluding tert-OH is 1. The molecule has 0 aliphatic carbocycles. The smallest absolute Gasteiger partial charge is 0.224 e. The molecule has 1 aromatic carbocycles. The number of aromatic amines is 1. The van der Waals surface area contributed by atoms with Gasteiger partial charge >= 0.3 is 0 Å². The van der Waals surface area contributed by atoms with Gasteiger partial charge in [0.15, 0.2) is 0 Å². The molecule has 3 N–H and O–H groups in total. The lowest BCUT2D eigenvalue weighted by Gasteiger charge is -2.03.